The lowest BCUT2D eigenvalue weighted by atomic mass is 10.0. The molecule has 0 radical (unpaired) electrons. The van der Waals surface area contributed by atoms with Crippen molar-refractivity contribution in [2.75, 3.05) is 0 Å². The highest BCUT2D eigenvalue weighted by atomic mass is 28.4. The molecular formula is C22H48O4Si2. The summed E-state index contributed by atoms with van der Waals surface area (Å²) in [5.41, 5.74) is 0. The second-order valence-electron chi connectivity index (χ2n) is 11.7. The maximum Gasteiger partial charge on any atom is 0.192 e. The number of ether oxygens (including phenoxy) is 1. The molecule has 0 bridgehead atoms. The van der Waals surface area contributed by atoms with E-state index in [9.17, 15) is 5.11 Å². The monoisotopic (exact) mass is 432 g/mol. The Kier molecular flexibility index (Phi) is 9.02. The Hall–Kier alpha value is 0.274. The summed E-state index contributed by atoms with van der Waals surface area (Å²) >= 11 is 0. The van der Waals surface area contributed by atoms with Crippen molar-refractivity contribution in [3.05, 3.63) is 0 Å². The van der Waals surface area contributed by atoms with Crippen LogP contribution in [0.4, 0.5) is 0 Å². The minimum Gasteiger partial charge on any atom is -0.411 e. The lowest BCUT2D eigenvalue weighted by Gasteiger charge is -2.46. The molecule has 0 aromatic rings. The molecule has 1 saturated heterocycles. The summed E-state index contributed by atoms with van der Waals surface area (Å²) in [5, 5.41) is 11.2. The number of aliphatic hydroxyl groups is 1. The Morgan fingerprint density at radius 2 is 1.25 bits per heavy atom. The van der Waals surface area contributed by atoms with Gasteiger partial charge >= 0.3 is 0 Å². The van der Waals surface area contributed by atoms with Gasteiger partial charge in [0.15, 0.2) is 22.9 Å². The van der Waals surface area contributed by atoms with Gasteiger partial charge in [0.2, 0.25) is 0 Å². The van der Waals surface area contributed by atoms with E-state index < -0.39 is 29.0 Å². The molecule has 6 heteroatoms. The summed E-state index contributed by atoms with van der Waals surface area (Å²) in [6.07, 6.45) is 3.84. The molecule has 0 aliphatic carbocycles. The van der Waals surface area contributed by atoms with Gasteiger partial charge in [-0.05, 0) is 56.0 Å². The van der Waals surface area contributed by atoms with Crippen LogP contribution in [0, 0.1) is 0 Å². The van der Waals surface area contributed by atoms with Crippen LogP contribution in [0.1, 0.15) is 80.6 Å². The molecule has 0 spiro atoms. The Balaban J connectivity index is 3.23. The van der Waals surface area contributed by atoms with Gasteiger partial charge in [0.05, 0.1) is 12.2 Å². The van der Waals surface area contributed by atoms with E-state index in [1.54, 1.807) is 0 Å². The first-order chi connectivity index (χ1) is 12.5. The van der Waals surface area contributed by atoms with E-state index in [4.69, 9.17) is 13.6 Å². The van der Waals surface area contributed by atoms with Gasteiger partial charge in [-0.2, -0.15) is 0 Å². The van der Waals surface area contributed by atoms with Gasteiger partial charge < -0.3 is 18.7 Å². The van der Waals surface area contributed by atoms with Crippen LogP contribution in [0.2, 0.25) is 36.3 Å². The van der Waals surface area contributed by atoms with Crippen molar-refractivity contribution in [1.29, 1.82) is 0 Å². The van der Waals surface area contributed by atoms with Crippen LogP contribution in [0.5, 0.6) is 0 Å². The molecule has 4 nitrogen and oxygen atoms in total. The molecule has 1 aliphatic rings. The summed E-state index contributed by atoms with van der Waals surface area (Å²) in [4.78, 5) is 0. The Morgan fingerprint density at radius 3 is 1.75 bits per heavy atom. The van der Waals surface area contributed by atoms with Gasteiger partial charge in [-0.25, -0.2) is 0 Å². The lowest BCUT2D eigenvalue weighted by molar-refractivity contribution is -0.203. The van der Waals surface area contributed by atoms with E-state index in [-0.39, 0.29) is 22.3 Å². The average Bonchev–Trinajstić information content (AvgIpc) is 2.48. The molecule has 0 amide bonds. The molecule has 168 valence electrons. The van der Waals surface area contributed by atoms with E-state index in [1.165, 1.54) is 6.42 Å². The fraction of sp³-hybridized carbons (Fsp3) is 1.00. The number of hydrogen-bond donors (Lipinski definition) is 1. The minimum absolute atomic E-state index is 0.0344. The highest BCUT2D eigenvalue weighted by Crippen LogP contribution is 2.42. The second-order valence-corrected chi connectivity index (χ2v) is 21.2. The van der Waals surface area contributed by atoms with E-state index in [1.807, 2.05) is 0 Å². The predicted molar refractivity (Wildman–Crippen MR) is 124 cm³/mol. The van der Waals surface area contributed by atoms with Crippen molar-refractivity contribution < 1.29 is 18.7 Å². The van der Waals surface area contributed by atoms with E-state index in [2.05, 4.69) is 74.7 Å². The predicted octanol–water partition coefficient (Wildman–Crippen LogP) is 6.45. The van der Waals surface area contributed by atoms with Crippen LogP contribution in [-0.2, 0) is 13.6 Å². The van der Waals surface area contributed by atoms with Gasteiger partial charge in [-0.15, -0.1) is 0 Å². The number of rotatable bonds is 4. The molecule has 1 rings (SSSR count). The average molecular weight is 433 g/mol. The maximum atomic E-state index is 11.1. The zero-order chi connectivity index (χ0) is 22.0. The zero-order valence-corrected chi connectivity index (χ0v) is 22.5. The normalized spacial score (nSPS) is 29.6. The van der Waals surface area contributed by atoms with Gasteiger partial charge in [-0.1, -0.05) is 60.8 Å². The summed E-state index contributed by atoms with van der Waals surface area (Å²) in [6.45, 7) is 24.6. The van der Waals surface area contributed by atoms with Crippen LogP contribution >= 0.6 is 0 Å². The molecule has 1 heterocycles. The van der Waals surface area contributed by atoms with Crippen molar-refractivity contribution in [3.63, 3.8) is 0 Å². The quantitative estimate of drug-likeness (QED) is 0.518. The molecule has 1 aliphatic heterocycles. The standard InChI is InChI=1S/C22H48O4Si2/c1-17-15-13-12-14-16-18(25-27(8,9)21(2,3)4)19(20(23)24-17)26-28(10,11)22(5,6)7/h17-20,23H,12-16H2,1-11H3/t17-,18+,19+,20-/m1/s1. The molecule has 1 fully saturated rings. The number of hydrogen-bond acceptors (Lipinski definition) is 4. The molecule has 1 N–H and O–H groups in total. The molecule has 0 saturated carbocycles. The molecule has 0 aromatic carbocycles. The maximum absolute atomic E-state index is 11.1. The molecule has 0 aromatic heterocycles. The van der Waals surface area contributed by atoms with Crippen LogP contribution in [-0.4, -0.2) is 46.3 Å². The van der Waals surface area contributed by atoms with Crippen molar-refractivity contribution in [2.24, 2.45) is 0 Å². The van der Waals surface area contributed by atoms with E-state index in [0.717, 1.165) is 25.7 Å². The van der Waals surface area contributed by atoms with Crippen LogP contribution in [0.25, 0.3) is 0 Å². The molecule has 0 unspecified atom stereocenters. The van der Waals surface area contributed by atoms with Gasteiger partial charge in [0.1, 0.15) is 6.10 Å². The number of aliphatic hydroxyl groups excluding tert-OH is 1. The Bertz CT molecular complexity index is 480. The van der Waals surface area contributed by atoms with Crippen LogP contribution in [0.15, 0.2) is 0 Å². The third-order valence-corrected chi connectivity index (χ3v) is 16.1. The SMILES string of the molecule is C[C@@H]1CCCCC[C@H](O[Si](C)(C)C(C)(C)C)[C@H](O[Si](C)(C)C(C)(C)C)[C@H](O)O1. The van der Waals surface area contributed by atoms with E-state index >= 15 is 0 Å². The second kappa shape index (κ2) is 9.60. The first-order valence-corrected chi connectivity index (χ1v) is 17.0. The first-order valence-electron chi connectivity index (χ1n) is 11.2. The third kappa shape index (κ3) is 7.20. The van der Waals surface area contributed by atoms with Gasteiger partial charge in [0.25, 0.3) is 0 Å². The third-order valence-electron chi connectivity index (χ3n) is 7.11. The van der Waals surface area contributed by atoms with Crippen LogP contribution < -0.4 is 0 Å². The van der Waals surface area contributed by atoms with Crippen LogP contribution in [0.3, 0.4) is 0 Å². The molecule has 28 heavy (non-hydrogen) atoms. The van der Waals surface area contributed by atoms with Crippen molar-refractivity contribution in [2.45, 2.75) is 141 Å². The summed E-state index contributed by atoms with van der Waals surface area (Å²) in [7, 11) is -4.09. The van der Waals surface area contributed by atoms with Crippen molar-refractivity contribution in [3.8, 4) is 0 Å². The largest absolute Gasteiger partial charge is 0.411 e. The zero-order valence-electron chi connectivity index (χ0n) is 20.5. The molecular weight excluding hydrogens is 384 g/mol. The smallest absolute Gasteiger partial charge is 0.192 e. The molecule has 4 atom stereocenters. The fourth-order valence-corrected chi connectivity index (χ4v) is 5.68. The van der Waals surface area contributed by atoms with Crippen molar-refractivity contribution in [1.82, 2.24) is 0 Å². The highest BCUT2D eigenvalue weighted by Gasteiger charge is 2.47. The lowest BCUT2D eigenvalue weighted by Crippen LogP contribution is -2.56. The van der Waals surface area contributed by atoms with Gasteiger partial charge in [0, 0.05) is 0 Å². The summed E-state index contributed by atoms with van der Waals surface area (Å²) < 4.78 is 19.6. The Morgan fingerprint density at radius 1 is 0.786 bits per heavy atom. The minimum atomic E-state index is -2.09. The first kappa shape index (κ1) is 26.3. The topological polar surface area (TPSA) is 47.9 Å². The van der Waals surface area contributed by atoms with Crippen molar-refractivity contribution >= 4 is 16.6 Å². The summed E-state index contributed by atoms with van der Waals surface area (Å²) in [6, 6.07) is 0. The highest BCUT2D eigenvalue weighted by molar-refractivity contribution is 6.74. The Labute approximate surface area is 177 Å². The summed E-state index contributed by atoms with van der Waals surface area (Å²) in [5.74, 6) is 0. The fourth-order valence-electron chi connectivity index (χ4n) is 3.02. The van der Waals surface area contributed by atoms with E-state index in [0.29, 0.717) is 0 Å². The van der Waals surface area contributed by atoms with Gasteiger partial charge in [-0.3, -0.25) is 0 Å².